The molecule has 10 heteroatoms. The zero-order chi connectivity index (χ0) is 29.1. The van der Waals surface area contributed by atoms with Gasteiger partial charge >= 0.3 is 6.18 Å². The Morgan fingerprint density at radius 3 is 2.40 bits per heavy atom. The summed E-state index contributed by atoms with van der Waals surface area (Å²) in [5.41, 5.74) is 8.46. The molecule has 212 valence electrons. The van der Waals surface area contributed by atoms with Crippen molar-refractivity contribution in [3.63, 3.8) is 0 Å². The molecule has 0 radical (unpaired) electrons. The van der Waals surface area contributed by atoms with Gasteiger partial charge in [0, 0.05) is 42.2 Å². The molecule has 0 aliphatic rings. The normalized spacial score (nSPS) is 12.1. The number of ether oxygens (including phenoxy) is 1. The molecule has 1 aromatic heterocycles. The van der Waals surface area contributed by atoms with E-state index >= 15 is 0 Å². The lowest BCUT2D eigenvalue weighted by atomic mass is 9.97. The number of amides is 1. The maximum atomic E-state index is 13.3. The SMILES string of the molecule is CCOc1ccc(NC(=O)c2c(-c3ccc(C)cc3)cc(C(C=NCCCCCC(F)(F)F)=CN)[nH]c2=O)cc1. The highest BCUT2D eigenvalue weighted by Gasteiger charge is 2.25. The van der Waals surface area contributed by atoms with E-state index in [2.05, 4.69) is 15.3 Å². The van der Waals surface area contributed by atoms with Crippen LogP contribution in [0.4, 0.5) is 18.9 Å². The van der Waals surface area contributed by atoms with Gasteiger partial charge in [0.1, 0.15) is 11.3 Å². The van der Waals surface area contributed by atoms with Crippen LogP contribution in [0, 0.1) is 6.92 Å². The Labute approximate surface area is 231 Å². The number of aryl methyl sites for hydroxylation is 1. The van der Waals surface area contributed by atoms with Crippen LogP contribution in [0.25, 0.3) is 16.7 Å². The van der Waals surface area contributed by atoms with Crippen LogP contribution >= 0.6 is 0 Å². The predicted molar refractivity (Wildman–Crippen MR) is 153 cm³/mol. The molecule has 7 nitrogen and oxygen atoms in total. The number of hydrogen-bond donors (Lipinski definition) is 3. The highest BCUT2D eigenvalue weighted by molar-refractivity contribution is 6.11. The van der Waals surface area contributed by atoms with Crippen molar-refractivity contribution in [2.24, 2.45) is 10.7 Å². The van der Waals surface area contributed by atoms with E-state index < -0.39 is 24.1 Å². The molecule has 0 bridgehead atoms. The lowest BCUT2D eigenvalue weighted by Crippen LogP contribution is -2.25. The third-order valence-corrected chi connectivity index (χ3v) is 6.01. The minimum Gasteiger partial charge on any atom is -0.494 e. The second-order valence-electron chi connectivity index (χ2n) is 9.16. The maximum Gasteiger partial charge on any atom is 0.389 e. The zero-order valence-electron chi connectivity index (χ0n) is 22.5. The number of aromatic nitrogens is 1. The Bertz CT molecular complexity index is 1390. The van der Waals surface area contributed by atoms with E-state index in [-0.39, 0.29) is 12.0 Å². The summed E-state index contributed by atoms with van der Waals surface area (Å²) in [6, 6.07) is 15.9. The van der Waals surface area contributed by atoms with Gasteiger partial charge in [-0.05, 0) is 62.6 Å². The number of carbonyl (C=O) groups is 1. The minimum atomic E-state index is -4.16. The molecule has 0 unspecified atom stereocenters. The molecule has 0 spiro atoms. The molecule has 0 aliphatic heterocycles. The van der Waals surface area contributed by atoms with Crippen molar-refractivity contribution in [3.8, 4) is 16.9 Å². The number of aromatic amines is 1. The zero-order valence-corrected chi connectivity index (χ0v) is 22.5. The Kier molecular flexibility index (Phi) is 10.7. The number of halogens is 3. The smallest absolute Gasteiger partial charge is 0.389 e. The van der Waals surface area contributed by atoms with Crippen LogP contribution in [-0.2, 0) is 0 Å². The largest absolute Gasteiger partial charge is 0.494 e. The monoisotopic (exact) mass is 554 g/mol. The van der Waals surface area contributed by atoms with Crippen LogP contribution in [0.5, 0.6) is 5.75 Å². The van der Waals surface area contributed by atoms with Gasteiger partial charge in [-0.3, -0.25) is 14.6 Å². The summed E-state index contributed by atoms with van der Waals surface area (Å²) in [5.74, 6) is 0.0745. The standard InChI is InChI=1S/C30H33F3N4O3/c1-3-40-24-13-11-23(12-14-24)36-28(38)27-25(21-9-7-20(2)8-10-21)17-26(37-29(27)39)22(18-34)19-35-16-6-4-5-15-30(31,32)33/h7-14,17-19H,3-6,15-16,34H2,1-2H3,(H,36,38)(H,37,39). The van der Waals surface area contributed by atoms with Crippen LogP contribution in [0.15, 0.2) is 70.6 Å². The third-order valence-electron chi connectivity index (χ3n) is 6.01. The number of nitrogens with one attached hydrogen (secondary N) is 2. The van der Waals surface area contributed by atoms with Crippen molar-refractivity contribution in [1.82, 2.24) is 4.98 Å². The number of benzene rings is 2. The molecule has 3 aromatic rings. The van der Waals surface area contributed by atoms with E-state index in [1.807, 2.05) is 38.1 Å². The van der Waals surface area contributed by atoms with E-state index in [4.69, 9.17) is 10.5 Å². The van der Waals surface area contributed by atoms with Gasteiger partial charge in [0.2, 0.25) is 0 Å². The Morgan fingerprint density at radius 2 is 1.77 bits per heavy atom. The van der Waals surface area contributed by atoms with Crippen molar-refractivity contribution < 1.29 is 22.7 Å². The number of unbranched alkanes of at least 4 members (excludes halogenated alkanes) is 2. The lowest BCUT2D eigenvalue weighted by Gasteiger charge is -2.13. The van der Waals surface area contributed by atoms with Crippen molar-refractivity contribution >= 4 is 23.4 Å². The number of alkyl halides is 3. The second-order valence-corrected chi connectivity index (χ2v) is 9.16. The fourth-order valence-corrected chi connectivity index (χ4v) is 3.97. The average molecular weight is 555 g/mol. The van der Waals surface area contributed by atoms with Crippen LogP contribution in [-0.4, -0.2) is 36.4 Å². The Balaban J connectivity index is 1.86. The number of nitrogens with zero attached hydrogens (tertiary/aromatic N) is 1. The van der Waals surface area contributed by atoms with E-state index in [0.717, 1.165) is 5.56 Å². The molecular formula is C30H33F3N4O3. The summed E-state index contributed by atoms with van der Waals surface area (Å²) in [4.78, 5) is 33.6. The van der Waals surface area contributed by atoms with Gasteiger partial charge in [-0.2, -0.15) is 13.2 Å². The molecule has 40 heavy (non-hydrogen) atoms. The maximum absolute atomic E-state index is 13.3. The second kappa shape index (κ2) is 14.2. The first kappa shape index (κ1) is 30.2. The Morgan fingerprint density at radius 1 is 1.07 bits per heavy atom. The number of anilines is 1. The number of pyridine rings is 1. The molecule has 0 saturated heterocycles. The average Bonchev–Trinajstić information content (AvgIpc) is 2.91. The van der Waals surface area contributed by atoms with Crippen LogP contribution < -0.4 is 21.3 Å². The van der Waals surface area contributed by atoms with Gasteiger partial charge < -0.3 is 20.8 Å². The van der Waals surface area contributed by atoms with Crippen LogP contribution in [0.3, 0.4) is 0 Å². The van der Waals surface area contributed by atoms with Crippen LogP contribution in [0.2, 0.25) is 0 Å². The minimum absolute atomic E-state index is 0.0476. The fourth-order valence-electron chi connectivity index (χ4n) is 3.97. The summed E-state index contributed by atoms with van der Waals surface area (Å²) in [5, 5.41) is 2.77. The fraction of sp³-hybridized carbons (Fsp3) is 0.300. The summed E-state index contributed by atoms with van der Waals surface area (Å²) in [6.07, 6.45) is -1.30. The third kappa shape index (κ3) is 8.86. The Hall–Kier alpha value is -4.34. The van der Waals surface area contributed by atoms with Crippen molar-refractivity contribution in [2.45, 2.75) is 45.7 Å². The molecule has 3 rings (SSSR count). The van der Waals surface area contributed by atoms with Crippen molar-refractivity contribution in [2.75, 3.05) is 18.5 Å². The summed E-state index contributed by atoms with van der Waals surface area (Å²) < 4.78 is 42.3. The van der Waals surface area contributed by atoms with Gasteiger partial charge in [-0.1, -0.05) is 36.2 Å². The number of hydrogen-bond acceptors (Lipinski definition) is 5. The van der Waals surface area contributed by atoms with E-state index in [0.29, 0.717) is 59.8 Å². The topological polar surface area (TPSA) is 110 Å². The number of rotatable bonds is 12. The van der Waals surface area contributed by atoms with E-state index in [9.17, 15) is 22.8 Å². The van der Waals surface area contributed by atoms with Gasteiger partial charge in [0.25, 0.3) is 11.5 Å². The molecule has 0 saturated carbocycles. The molecule has 0 atom stereocenters. The first-order valence-electron chi connectivity index (χ1n) is 13.0. The van der Waals surface area contributed by atoms with Crippen LogP contribution in [0.1, 0.15) is 54.2 Å². The highest BCUT2D eigenvalue weighted by Crippen LogP contribution is 2.26. The first-order valence-corrected chi connectivity index (χ1v) is 13.0. The molecular weight excluding hydrogens is 521 g/mol. The molecule has 1 heterocycles. The van der Waals surface area contributed by atoms with Crippen molar-refractivity contribution in [3.05, 3.63) is 88.0 Å². The summed E-state index contributed by atoms with van der Waals surface area (Å²) in [6.45, 7) is 4.63. The molecule has 4 N–H and O–H groups in total. The summed E-state index contributed by atoms with van der Waals surface area (Å²) >= 11 is 0. The van der Waals surface area contributed by atoms with E-state index in [1.54, 1.807) is 30.3 Å². The first-order chi connectivity index (χ1) is 19.1. The molecule has 1 amide bonds. The number of aliphatic imine (C=N–C) groups is 1. The molecule has 2 aromatic carbocycles. The molecule has 0 fully saturated rings. The van der Waals surface area contributed by atoms with Gasteiger partial charge in [-0.15, -0.1) is 0 Å². The van der Waals surface area contributed by atoms with Gasteiger partial charge in [0.15, 0.2) is 0 Å². The number of allylic oxidation sites excluding steroid dienone is 1. The van der Waals surface area contributed by atoms with Crippen molar-refractivity contribution in [1.29, 1.82) is 0 Å². The number of carbonyl (C=O) groups excluding carboxylic acids is 1. The summed E-state index contributed by atoms with van der Waals surface area (Å²) in [7, 11) is 0. The number of nitrogens with two attached hydrogens (primary N) is 1. The van der Waals surface area contributed by atoms with E-state index in [1.165, 1.54) is 12.4 Å². The van der Waals surface area contributed by atoms with Gasteiger partial charge in [0.05, 0.1) is 12.3 Å². The van der Waals surface area contributed by atoms with Gasteiger partial charge in [-0.25, -0.2) is 0 Å². The number of H-pyrrole nitrogens is 1. The predicted octanol–water partition coefficient (Wildman–Crippen LogP) is 6.49. The highest BCUT2D eigenvalue weighted by atomic mass is 19.4. The quantitative estimate of drug-likeness (QED) is 0.175. The molecule has 0 aliphatic carbocycles. The lowest BCUT2D eigenvalue weighted by molar-refractivity contribution is -0.135.